The molecule has 6 heteroatoms. The van der Waals surface area contributed by atoms with E-state index in [1.165, 1.54) is 0 Å². The quantitative estimate of drug-likeness (QED) is 0.435. The molecule has 3 aromatic rings. The molecule has 0 aliphatic rings. The molecule has 0 unspecified atom stereocenters. The molecule has 1 heterocycles. The van der Waals surface area contributed by atoms with Crippen molar-refractivity contribution >= 4 is 29.4 Å². The summed E-state index contributed by atoms with van der Waals surface area (Å²) in [4.78, 5) is 0. The predicted molar refractivity (Wildman–Crippen MR) is 113 cm³/mol. The van der Waals surface area contributed by atoms with E-state index in [1.807, 2.05) is 50.4 Å². The molecule has 0 saturated carbocycles. The zero-order valence-electron chi connectivity index (χ0n) is 15.5. The molecule has 3 rings (SSSR count). The van der Waals surface area contributed by atoms with E-state index in [2.05, 4.69) is 21.2 Å². The van der Waals surface area contributed by atoms with Crippen molar-refractivity contribution < 1.29 is 4.74 Å². The van der Waals surface area contributed by atoms with Crippen LogP contribution in [-0.2, 0) is 6.54 Å². The van der Waals surface area contributed by atoms with Crippen LogP contribution < -0.4 is 10.2 Å². The third-order valence-electron chi connectivity index (χ3n) is 4.38. The number of nitrogens with one attached hydrogen (secondary N) is 1. The van der Waals surface area contributed by atoms with E-state index in [-0.39, 0.29) is 0 Å². The molecule has 0 aliphatic heterocycles. The van der Waals surface area contributed by atoms with Crippen LogP contribution in [0.15, 0.2) is 53.6 Å². The minimum atomic E-state index is 0.583. The van der Waals surface area contributed by atoms with Gasteiger partial charge in [0.2, 0.25) is 0 Å². The topological polar surface area (TPSA) is 38.5 Å². The number of rotatable bonds is 6. The van der Waals surface area contributed by atoms with E-state index in [0.29, 0.717) is 16.6 Å². The van der Waals surface area contributed by atoms with E-state index >= 15 is 0 Å². The molecule has 0 saturated heterocycles. The van der Waals surface area contributed by atoms with Gasteiger partial charge in [-0.3, -0.25) is 0 Å². The fourth-order valence-corrected chi connectivity index (χ4v) is 3.41. The first-order chi connectivity index (χ1) is 13.0. The molecule has 1 aromatic heterocycles. The van der Waals surface area contributed by atoms with Gasteiger partial charge in [-0.15, -0.1) is 0 Å². The van der Waals surface area contributed by atoms with Crippen molar-refractivity contribution in [2.45, 2.75) is 20.4 Å². The summed E-state index contributed by atoms with van der Waals surface area (Å²) in [7, 11) is 1.66. The third-order valence-corrected chi connectivity index (χ3v) is 4.93. The Bertz CT molecular complexity index is 980. The lowest BCUT2D eigenvalue weighted by atomic mass is 10.2. The van der Waals surface area contributed by atoms with Crippen LogP contribution in [0.4, 0.5) is 0 Å². The van der Waals surface area contributed by atoms with Gasteiger partial charge in [0.25, 0.3) is 0 Å². The lowest BCUT2D eigenvalue weighted by Crippen LogP contribution is -2.07. The van der Waals surface area contributed by atoms with Crippen LogP contribution in [0.25, 0.3) is 5.69 Å². The minimum absolute atomic E-state index is 0.583. The molecule has 0 bridgehead atoms. The number of methoxy groups -OCH3 is 1. The Hall–Kier alpha value is -2.43. The van der Waals surface area contributed by atoms with Gasteiger partial charge >= 0.3 is 0 Å². The highest BCUT2D eigenvalue weighted by atomic mass is 35.5. The number of aromatic nitrogens is 1. The van der Waals surface area contributed by atoms with Crippen molar-refractivity contribution in [2.24, 2.45) is 5.10 Å². The summed E-state index contributed by atoms with van der Waals surface area (Å²) >= 11 is 12.5. The third kappa shape index (κ3) is 4.29. The Kier molecular flexibility index (Phi) is 6.09. The first-order valence-electron chi connectivity index (χ1n) is 8.53. The smallest absolute Gasteiger partial charge is 0.123 e. The zero-order chi connectivity index (χ0) is 19.4. The van der Waals surface area contributed by atoms with Gasteiger partial charge < -0.3 is 14.7 Å². The maximum absolute atomic E-state index is 6.37. The molecule has 0 spiro atoms. The molecule has 140 valence electrons. The number of para-hydroxylation sites is 1. The number of hydrogen-bond donors (Lipinski definition) is 1. The van der Waals surface area contributed by atoms with Crippen LogP contribution in [-0.4, -0.2) is 17.9 Å². The normalized spacial score (nSPS) is 11.1. The number of ether oxygens (including phenoxy) is 1. The van der Waals surface area contributed by atoms with Gasteiger partial charge in [-0.05, 0) is 44.2 Å². The number of halogens is 2. The molecule has 1 N–H and O–H groups in total. The molecule has 0 fully saturated rings. The lowest BCUT2D eigenvalue weighted by Gasteiger charge is -2.12. The van der Waals surface area contributed by atoms with E-state index < -0.39 is 0 Å². The summed E-state index contributed by atoms with van der Waals surface area (Å²) in [6.45, 7) is 4.65. The fourth-order valence-electron chi connectivity index (χ4n) is 3.04. The Labute approximate surface area is 169 Å². The summed E-state index contributed by atoms with van der Waals surface area (Å²) in [5, 5.41) is 5.66. The van der Waals surface area contributed by atoms with Gasteiger partial charge in [-0.2, -0.15) is 5.10 Å². The van der Waals surface area contributed by atoms with Crippen molar-refractivity contribution in [3.8, 4) is 11.4 Å². The summed E-state index contributed by atoms with van der Waals surface area (Å²) in [6, 6.07) is 15.4. The average Bonchev–Trinajstić information content (AvgIpc) is 2.94. The van der Waals surface area contributed by atoms with Crippen LogP contribution in [0.5, 0.6) is 5.75 Å². The molecule has 0 amide bonds. The van der Waals surface area contributed by atoms with Gasteiger partial charge in [0.05, 0.1) is 30.6 Å². The summed E-state index contributed by atoms with van der Waals surface area (Å²) in [5.74, 6) is 0.842. The Balaban J connectivity index is 1.78. The van der Waals surface area contributed by atoms with Crippen molar-refractivity contribution in [1.82, 2.24) is 9.99 Å². The van der Waals surface area contributed by atoms with Crippen molar-refractivity contribution in [2.75, 3.05) is 7.11 Å². The molecular formula is C21H21Cl2N3O. The predicted octanol–water partition coefficient (Wildman–Crippen LogP) is 5.53. The first-order valence-corrected chi connectivity index (χ1v) is 9.29. The van der Waals surface area contributed by atoms with Crippen molar-refractivity contribution in [1.29, 1.82) is 0 Å². The highest BCUT2D eigenvalue weighted by Crippen LogP contribution is 2.28. The molecular weight excluding hydrogens is 381 g/mol. The Morgan fingerprint density at radius 3 is 2.67 bits per heavy atom. The van der Waals surface area contributed by atoms with Gasteiger partial charge in [0.15, 0.2) is 0 Å². The summed E-state index contributed by atoms with van der Waals surface area (Å²) in [6.07, 6.45) is 1.81. The summed E-state index contributed by atoms with van der Waals surface area (Å²) < 4.78 is 7.43. The van der Waals surface area contributed by atoms with Crippen molar-refractivity contribution in [3.05, 3.63) is 81.1 Å². The largest absolute Gasteiger partial charge is 0.496 e. The van der Waals surface area contributed by atoms with Crippen LogP contribution in [0.3, 0.4) is 0 Å². The molecule has 0 aliphatic carbocycles. The van der Waals surface area contributed by atoms with Gasteiger partial charge in [0.1, 0.15) is 5.75 Å². The van der Waals surface area contributed by atoms with Gasteiger partial charge in [0, 0.05) is 27.5 Å². The highest BCUT2D eigenvalue weighted by molar-refractivity contribution is 6.34. The maximum Gasteiger partial charge on any atom is 0.123 e. The van der Waals surface area contributed by atoms with Crippen LogP contribution in [0, 0.1) is 13.8 Å². The molecule has 4 nitrogen and oxygen atoms in total. The molecule has 0 atom stereocenters. The average molecular weight is 402 g/mol. The van der Waals surface area contributed by atoms with E-state index in [9.17, 15) is 0 Å². The van der Waals surface area contributed by atoms with Gasteiger partial charge in [-0.1, -0.05) is 41.4 Å². The van der Waals surface area contributed by atoms with Crippen LogP contribution in [0.1, 0.15) is 22.5 Å². The SMILES string of the molecule is COc1ccccc1CN/N=C/c1cc(C)n(-c2cc(Cl)ccc2Cl)c1C. The first kappa shape index (κ1) is 19.3. The second-order valence-corrected chi connectivity index (χ2v) is 7.01. The molecule has 27 heavy (non-hydrogen) atoms. The number of nitrogens with zero attached hydrogens (tertiary/aromatic N) is 2. The number of aryl methyl sites for hydroxylation is 1. The van der Waals surface area contributed by atoms with Crippen LogP contribution >= 0.6 is 23.2 Å². The van der Waals surface area contributed by atoms with E-state index in [4.69, 9.17) is 27.9 Å². The molecule has 0 radical (unpaired) electrons. The standard InChI is InChI=1S/C21H21Cl2N3O/c1-14-10-17(13-25-24-12-16-6-4-5-7-21(16)27-3)15(2)26(14)20-11-18(22)8-9-19(20)23/h4-11,13,24H,12H2,1-3H3/b25-13+. The Morgan fingerprint density at radius 1 is 1.11 bits per heavy atom. The second-order valence-electron chi connectivity index (χ2n) is 6.16. The summed E-state index contributed by atoms with van der Waals surface area (Å²) in [5.41, 5.74) is 8.09. The minimum Gasteiger partial charge on any atom is -0.496 e. The van der Waals surface area contributed by atoms with Crippen LogP contribution in [0.2, 0.25) is 10.0 Å². The molecule has 2 aromatic carbocycles. The van der Waals surface area contributed by atoms with Gasteiger partial charge in [-0.25, -0.2) is 0 Å². The zero-order valence-corrected chi connectivity index (χ0v) is 17.0. The number of hydrogen-bond acceptors (Lipinski definition) is 3. The highest BCUT2D eigenvalue weighted by Gasteiger charge is 2.12. The number of benzene rings is 2. The Morgan fingerprint density at radius 2 is 1.89 bits per heavy atom. The number of hydrazone groups is 1. The monoisotopic (exact) mass is 401 g/mol. The van der Waals surface area contributed by atoms with Crippen molar-refractivity contribution in [3.63, 3.8) is 0 Å². The van der Waals surface area contributed by atoms with E-state index in [1.54, 1.807) is 19.2 Å². The second kappa shape index (κ2) is 8.51. The van der Waals surface area contributed by atoms with E-state index in [0.717, 1.165) is 34.0 Å². The maximum atomic E-state index is 6.37. The lowest BCUT2D eigenvalue weighted by molar-refractivity contribution is 0.408. The fraction of sp³-hybridized carbons (Fsp3) is 0.190.